The number of thioether (sulfide) groups is 1. The van der Waals surface area contributed by atoms with Crippen molar-refractivity contribution in [2.24, 2.45) is 5.92 Å². The minimum atomic E-state index is -4.61. The SMILES string of the molecule is Cc1nc(SCC(=O)Nc2ccc(Cl)cc2C(F)(F)F)n(CC(C)C)c1C. The summed E-state index contributed by atoms with van der Waals surface area (Å²) in [4.78, 5) is 16.7. The third-order valence-corrected chi connectivity index (χ3v) is 5.08. The first-order valence-electron chi connectivity index (χ1n) is 8.32. The summed E-state index contributed by atoms with van der Waals surface area (Å²) < 4.78 is 41.4. The van der Waals surface area contributed by atoms with Crippen LogP contribution in [0.25, 0.3) is 0 Å². The van der Waals surface area contributed by atoms with Gasteiger partial charge in [-0.15, -0.1) is 0 Å². The molecule has 1 heterocycles. The molecular formula is C18H21ClF3N3OS. The van der Waals surface area contributed by atoms with Crippen molar-refractivity contribution in [2.75, 3.05) is 11.1 Å². The molecule has 0 aliphatic rings. The number of hydrogen-bond acceptors (Lipinski definition) is 3. The van der Waals surface area contributed by atoms with Crippen molar-refractivity contribution in [2.45, 2.75) is 45.6 Å². The Morgan fingerprint density at radius 3 is 2.59 bits per heavy atom. The smallest absolute Gasteiger partial charge is 0.325 e. The summed E-state index contributed by atoms with van der Waals surface area (Å²) >= 11 is 6.85. The van der Waals surface area contributed by atoms with Gasteiger partial charge in [0.2, 0.25) is 5.91 Å². The summed E-state index contributed by atoms with van der Waals surface area (Å²) in [6, 6.07) is 3.26. The molecule has 2 rings (SSSR count). The Morgan fingerprint density at radius 1 is 1.33 bits per heavy atom. The zero-order valence-corrected chi connectivity index (χ0v) is 17.0. The Hall–Kier alpha value is -1.67. The molecule has 1 aromatic heterocycles. The molecule has 148 valence electrons. The van der Waals surface area contributed by atoms with E-state index in [9.17, 15) is 18.0 Å². The molecule has 1 aromatic carbocycles. The molecule has 9 heteroatoms. The summed E-state index contributed by atoms with van der Waals surface area (Å²) in [6.07, 6.45) is -4.61. The van der Waals surface area contributed by atoms with Crippen LogP contribution in [0.2, 0.25) is 5.02 Å². The number of aromatic nitrogens is 2. The normalized spacial score (nSPS) is 11.9. The molecule has 27 heavy (non-hydrogen) atoms. The lowest BCUT2D eigenvalue weighted by Crippen LogP contribution is -2.18. The summed E-state index contributed by atoms with van der Waals surface area (Å²) in [7, 11) is 0. The van der Waals surface area contributed by atoms with E-state index in [0.717, 1.165) is 30.1 Å². The van der Waals surface area contributed by atoms with Crippen LogP contribution in [0, 0.1) is 19.8 Å². The van der Waals surface area contributed by atoms with Crippen LogP contribution in [-0.2, 0) is 17.5 Å². The number of anilines is 1. The Labute approximate surface area is 165 Å². The van der Waals surface area contributed by atoms with E-state index in [1.165, 1.54) is 17.8 Å². The van der Waals surface area contributed by atoms with E-state index >= 15 is 0 Å². The summed E-state index contributed by atoms with van der Waals surface area (Å²) in [6.45, 7) is 8.76. The first-order chi connectivity index (χ1) is 12.5. The van der Waals surface area contributed by atoms with Gasteiger partial charge in [0.1, 0.15) is 0 Å². The van der Waals surface area contributed by atoms with Crippen LogP contribution in [0.5, 0.6) is 0 Å². The van der Waals surface area contributed by atoms with Gasteiger partial charge < -0.3 is 9.88 Å². The first-order valence-corrected chi connectivity index (χ1v) is 9.68. The lowest BCUT2D eigenvalue weighted by Gasteiger charge is -2.14. The second kappa shape index (κ2) is 8.56. The average molecular weight is 420 g/mol. The van der Waals surface area contributed by atoms with Gasteiger partial charge in [0.05, 0.1) is 22.7 Å². The van der Waals surface area contributed by atoms with Crippen molar-refractivity contribution in [3.63, 3.8) is 0 Å². The molecule has 2 aromatic rings. The van der Waals surface area contributed by atoms with Gasteiger partial charge in [-0.2, -0.15) is 13.2 Å². The monoisotopic (exact) mass is 419 g/mol. The molecule has 1 N–H and O–H groups in total. The number of amides is 1. The lowest BCUT2D eigenvalue weighted by atomic mass is 10.1. The first kappa shape index (κ1) is 21.6. The molecule has 1 amide bonds. The quantitative estimate of drug-likeness (QED) is 0.623. The maximum atomic E-state index is 13.1. The van der Waals surface area contributed by atoms with Crippen molar-refractivity contribution in [3.8, 4) is 0 Å². The topological polar surface area (TPSA) is 46.9 Å². The number of carbonyl (C=O) groups is 1. The number of nitrogens with one attached hydrogen (secondary N) is 1. The zero-order valence-electron chi connectivity index (χ0n) is 15.4. The Morgan fingerprint density at radius 2 is 2.00 bits per heavy atom. The molecule has 0 bridgehead atoms. The zero-order chi connectivity index (χ0) is 20.4. The highest BCUT2D eigenvalue weighted by atomic mass is 35.5. The summed E-state index contributed by atoms with van der Waals surface area (Å²) in [5, 5.41) is 2.96. The third-order valence-electron chi connectivity index (χ3n) is 3.86. The Balaban J connectivity index is 2.11. The van der Waals surface area contributed by atoms with Crippen molar-refractivity contribution < 1.29 is 18.0 Å². The minimum Gasteiger partial charge on any atom is -0.325 e. The van der Waals surface area contributed by atoms with Gasteiger partial charge in [-0.05, 0) is 38.0 Å². The molecule has 0 radical (unpaired) electrons. The maximum absolute atomic E-state index is 13.1. The number of aryl methyl sites for hydroxylation is 1. The fourth-order valence-electron chi connectivity index (χ4n) is 2.49. The Kier molecular flexibility index (Phi) is 6.86. The minimum absolute atomic E-state index is 0.0450. The molecule has 0 aliphatic carbocycles. The highest BCUT2D eigenvalue weighted by molar-refractivity contribution is 7.99. The fraction of sp³-hybridized carbons (Fsp3) is 0.444. The van der Waals surface area contributed by atoms with Crippen molar-refractivity contribution in [1.82, 2.24) is 9.55 Å². The molecule has 0 atom stereocenters. The van der Waals surface area contributed by atoms with E-state index < -0.39 is 17.6 Å². The van der Waals surface area contributed by atoms with Gasteiger partial charge in [-0.25, -0.2) is 4.98 Å². The predicted octanol–water partition coefficient (Wildman–Crippen LogP) is 5.56. The van der Waals surface area contributed by atoms with Crippen molar-refractivity contribution in [3.05, 3.63) is 40.2 Å². The number of imidazole rings is 1. The standard InChI is InChI=1S/C18H21ClF3N3OS/c1-10(2)8-25-12(4)11(3)23-17(25)27-9-16(26)24-15-6-5-13(19)7-14(15)18(20,21)22/h5-7,10H,8-9H2,1-4H3,(H,24,26). The van der Waals surface area contributed by atoms with E-state index in [1.54, 1.807) is 0 Å². The van der Waals surface area contributed by atoms with Gasteiger partial charge >= 0.3 is 6.18 Å². The number of hydrogen-bond donors (Lipinski definition) is 1. The van der Waals surface area contributed by atoms with Gasteiger partial charge in [0.25, 0.3) is 0 Å². The van der Waals surface area contributed by atoms with E-state index in [2.05, 4.69) is 24.1 Å². The fourth-order valence-corrected chi connectivity index (χ4v) is 3.56. The molecule has 4 nitrogen and oxygen atoms in total. The van der Waals surface area contributed by atoms with Crippen LogP contribution in [0.3, 0.4) is 0 Å². The lowest BCUT2D eigenvalue weighted by molar-refractivity contribution is -0.137. The molecule has 0 spiro atoms. The van der Waals surface area contributed by atoms with E-state index in [1.807, 2.05) is 18.4 Å². The molecule has 0 aliphatic heterocycles. The maximum Gasteiger partial charge on any atom is 0.418 e. The number of nitrogens with zero attached hydrogens (tertiary/aromatic N) is 2. The van der Waals surface area contributed by atoms with Crippen LogP contribution in [0.4, 0.5) is 18.9 Å². The van der Waals surface area contributed by atoms with Crippen LogP contribution >= 0.6 is 23.4 Å². The van der Waals surface area contributed by atoms with Gasteiger partial charge in [-0.1, -0.05) is 37.2 Å². The van der Waals surface area contributed by atoms with Gasteiger partial charge in [-0.3, -0.25) is 4.79 Å². The largest absolute Gasteiger partial charge is 0.418 e. The number of halogens is 4. The molecule has 0 saturated carbocycles. The highest BCUT2D eigenvalue weighted by Crippen LogP contribution is 2.36. The summed E-state index contributed by atoms with van der Waals surface area (Å²) in [5.74, 6) is -0.190. The highest BCUT2D eigenvalue weighted by Gasteiger charge is 2.34. The van der Waals surface area contributed by atoms with Crippen LogP contribution < -0.4 is 5.32 Å². The van der Waals surface area contributed by atoms with Crippen molar-refractivity contribution >= 4 is 35.0 Å². The number of rotatable bonds is 6. The van der Waals surface area contributed by atoms with Gasteiger partial charge in [0.15, 0.2) is 5.16 Å². The van der Waals surface area contributed by atoms with E-state index in [0.29, 0.717) is 11.1 Å². The summed E-state index contributed by atoms with van der Waals surface area (Å²) in [5.41, 5.74) is 0.607. The van der Waals surface area contributed by atoms with Gasteiger partial charge in [0, 0.05) is 17.3 Å². The molecular weight excluding hydrogens is 399 g/mol. The second-order valence-corrected chi connectivity index (χ2v) is 7.97. The van der Waals surface area contributed by atoms with E-state index in [-0.39, 0.29) is 16.5 Å². The molecule has 0 unspecified atom stereocenters. The predicted molar refractivity (Wildman–Crippen MR) is 102 cm³/mol. The molecule has 0 saturated heterocycles. The van der Waals surface area contributed by atoms with Crippen LogP contribution in [0.15, 0.2) is 23.4 Å². The number of carbonyl (C=O) groups excluding carboxylic acids is 1. The van der Waals surface area contributed by atoms with Crippen LogP contribution in [-0.4, -0.2) is 21.2 Å². The number of benzene rings is 1. The second-order valence-electron chi connectivity index (χ2n) is 6.59. The average Bonchev–Trinajstić information content (AvgIpc) is 2.81. The van der Waals surface area contributed by atoms with Crippen LogP contribution in [0.1, 0.15) is 30.8 Å². The Bertz CT molecular complexity index is 834. The van der Waals surface area contributed by atoms with Crippen molar-refractivity contribution in [1.29, 1.82) is 0 Å². The number of alkyl halides is 3. The third kappa shape index (κ3) is 5.65. The molecule has 0 fully saturated rings. The van der Waals surface area contributed by atoms with E-state index in [4.69, 9.17) is 11.6 Å².